The summed E-state index contributed by atoms with van der Waals surface area (Å²) in [7, 11) is 0. The first kappa shape index (κ1) is 28.5. The van der Waals surface area contributed by atoms with E-state index in [1.54, 1.807) is 0 Å². The molecule has 0 saturated heterocycles. The van der Waals surface area contributed by atoms with Gasteiger partial charge in [0.1, 0.15) is 6.04 Å². The molecule has 11 N–H and O–H groups in total. The van der Waals surface area contributed by atoms with Crippen molar-refractivity contribution in [3.63, 3.8) is 0 Å². The predicted octanol–water partition coefficient (Wildman–Crippen LogP) is -3.35. The van der Waals surface area contributed by atoms with Gasteiger partial charge in [-0.3, -0.25) is 24.0 Å². The van der Waals surface area contributed by atoms with Crippen molar-refractivity contribution < 1.29 is 64.5 Å². The molecule has 0 rings (SSSR count). The third kappa shape index (κ3) is 18.9. The lowest BCUT2D eigenvalue weighted by Gasteiger charge is -2.18. The summed E-state index contributed by atoms with van der Waals surface area (Å²) in [6, 6.07) is -1.29. The van der Waals surface area contributed by atoms with Crippen molar-refractivity contribution in [3.8, 4) is 0 Å². The summed E-state index contributed by atoms with van der Waals surface area (Å²) in [5, 5.41) is 57.4. The van der Waals surface area contributed by atoms with Crippen LogP contribution in [0.3, 0.4) is 0 Å². The van der Waals surface area contributed by atoms with Crippen molar-refractivity contribution in [2.24, 2.45) is 11.5 Å². The summed E-state index contributed by atoms with van der Waals surface area (Å²) in [6.45, 7) is -0.278. The Bertz CT molecular complexity index is 543. The van der Waals surface area contributed by atoms with Gasteiger partial charge in [0, 0.05) is 0 Å². The van der Waals surface area contributed by atoms with Gasteiger partial charge < -0.3 is 47.2 Å². The highest BCUT2D eigenvalue weighted by atomic mass is 16.4. The Morgan fingerprint density at radius 3 is 1.19 bits per heavy atom. The van der Waals surface area contributed by atoms with E-state index in [2.05, 4.69) is 5.73 Å². The van der Waals surface area contributed by atoms with Crippen LogP contribution in [0, 0.1) is 0 Å². The van der Waals surface area contributed by atoms with E-state index in [0.29, 0.717) is 0 Å². The molecule has 156 valence electrons. The molecule has 0 saturated carbocycles. The minimum Gasteiger partial charge on any atom is -0.481 e. The molecule has 0 heterocycles. The van der Waals surface area contributed by atoms with Crippen LogP contribution in [0.2, 0.25) is 0 Å². The molecule has 15 heteroatoms. The quantitative estimate of drug-likeness (QED) is 0.182. The van der Waals surface area contributed by atoms with Gasteiger partial charge in [-0.25, -0.2) is 4.79 Å². The molecule has 0 radical (unpaired) electrons. The maximum Gasteiger partial charge on any atom is 0.336 e. The fourth-order valence-corrected chi connectivity index (χ4v) is 0.990. The van der Waals surface area contributed by atoms with E-state index in [9.17, 15) is 28.8 Å². The van der Waals surface area contributed by atoms with Gasteiger partial charge in [-0.15, -0.1) is 0 Å². The number of aliphatic carboxylic acids is 6. The average Bonchev–Trinajstić information content (AvgIpc) is 2.45. The molecule has 1 atom stereocenters. The molecule has 0 amide bonds. The molecule has 0 spiro atoms. The second kappa shape index (κ2) is 13.9. The van der Waals surface area contributed by atoms with E-state index in [0.717, 1.165) is 0 Å². The van der Waals surface area contributed by atoms with Crippen molar-refractivity contribution in [2.75, 3.05) is 6.54 Å². The number of carboxylic acids is 6. The topological polar surface area (TPSA) is 296 Å². The smallest absolute Gasteiger partial charge is 0.336 e. The molecule has 27 heavy (non-hydrogen) atoms. The highest BCUT2D eigenvalue weighted by molar-refractivity contribution is 5.88. The van der Waals surface area contributed by atoms with E-state index >= 15 is 0 Å². The number of carboxylic acid groups (broad SMARTS) is 6. The lowest BCUT2D eigenvalue weighted by Crippen LogP contribution is -2.42. The van der Waals surface area contributed by atoms with Gasteiger partial charge in [-0.2, -0.15) is 0 Å². The number of carbonyl (C=O) groups is 6. The number of hydrogen-bond donors (Lipinski definition) is 9. The van der Waals surface area contributed by atoms with E-state index in [4.69, 9.17) is 41.5 Å². The molecule has 0 aromatic heterocycles. The zero-order valence-corrected chi connectivity index (χ0v) is 13.6. The van der Waals surface area contributed by atoms with Gasteiger partial charge in [0.05, 0.1) is 25.8 Å². The number of nitrogens with two attached hydrogens (primary N) is 2. The number of aliphatic hydroxyl groups is 1. The third-order valence-corrected chi connectivity index (χ3v) is 2.17. The molecule has 0 bridgehead atoms. The second-order valence-corrected chi connectivity index (χ2v) is 4.62. The summed E-state index contributed by atoms with van der Waals surface area (Å²) >= 11 is 0. The summed E-state index contributed by atoms with van der Waals surface area (Å²) in [5.41, 5.74) is 6.67. The maximum absolute atomic E-state index is 10.3. The Balaban J connectivity index is -0.000000356. The Morgan fingerprint density at radius 2 is 1.07 bits per heavy atom. The molecule has 15 nitrogen and oxygen atoms in total. The zero-order valence-electron chi connectivity index (χ0n) is 13.6. The predicted molar refractivity (Wildman–Crippen MR) is 81.6 cm³/mol. The molecular weight excluding hydrogens is 380 g/mol. The monoisotopic (exact) mass is 400 g/mol. The molecular formula is C12H20N2O13. The van der Waals surface area contributed by atoms with Crippen LogP contribution in [0.25, 0.3) is 0 Å². The molecule has 0 aliphatic rings. The van der Waals surface area contributed by atoms with Gasteiger partial charge in [0.15, 0.2) is 5.60 Å². The standard InChI is InChI=1S/C6H8O7.C4H7NO4.C2H5NO2/c7-3(8)1-6(13,5(11)12)2-4(9)10;5-2(4(8)9)1-3(6)7;3-1-2(4)5/h13H,1-2H2,(H,7,8)(H,9,10)(H,11,12);2H,1,5H2,(H,6,7)(H,8,9);1,3H2,(H,4,5). The van der Waals surface area contributed by atoms with E-state index in [-0.39, 0.29) is 6.54 Å². The average molecular weight is 400 g/mol. The van der Waals surface area contributed by atoms with Crippen LogP contribution in [0.5, 0.6) is 0 Å². The van der Waals surface area contributed by atoms with Gasteiger partial charge in [-0.1, -0.05) is 0 Å². The SMILES string of the molecule is NC(CC(=O)O)C(=O)O.NCC(=O)O.O=C(O)CC(O)(CC(=O)O)C(=O)O. The highest BCUT2D eigenvalue weighted by Crippen LogP contribution is 2.15. The Morgan fingerprint density at radius 1 is 0.741 bits per heavy atom. The lowest BCUT2D eigenvalue weighted by atomic mass is 9.96. The summed E-state index contributed by atoms with van der Waals surface area (Å²) in [6.07, 6.45) is -2.82. The van der Waals surface area contributed by atoms with Crippen LogP contribution in [0.4, 0.5) is 0 Å². The molecule has 0 aliphatic heterocycles. The third-order valence-electron chi connectivity index (χ3n) is 2.17. The molecule has 0 aromatic rings. The van der Waals surface area contributed by atoms with Gasteiger partial charge in [0.25, 0.3) is 0 Å². The van der Waals surface area contributed by atoms with Crippen LogP contribution >= 0.6 is 0 Å². The molecule has 1 unspecified atom stereocenters. The van der Waals surface area contributed by atoms with Crippen LogP contribution in [0.15, 0.2) is 0 Å². The minimum absolute atomic E-state index is 0.278. The van der Waals surface area contributed by atoms with E-state index < -0.39 is 66.7 Å². The first-order chi connectivity index (χ1) is 12.1. The summed E-state index contributed by atoms with van der Waals surface area (Å²) in [4.78, 5) is 59.3. The molecule has 0 aromatic carbocycles. The highest BCUT2D eigenvalue weighted by Gasteiger charge is 2.40. The zero-order chi connectivity index (χ0) is 22.4. The van der Waals surface area contributed by atoms with Crippen molar-refractivity contribution >= 4 is 35.8 Å². The molecule has 0 fully saturated rings. The van der Waals surface area contributed by atoms with E-state index in [1.165, 1.54) is 0 Å². The van der Waals surface area contributed by atoms with Crippen LogP contribution in [-0.4, -0.2) is 89.7 Å². The first-order valence-electron chi connectivity index (χ1n) is 6.60. The lowest BCUT2D eigenvalue weighted by molar-refractivity contribution is -0.170. The second-order valence-electron chi connectivity index (χ2n) is 4.62. The largest absolute Gasteiger partial charge is 0.481 e. The fraction of sp³-hybridized carbons (Fsp3) is 0.500. The van der Waals surface area contributed by atoms with E-state index in [1.807, 2.05) is 0 Å². The van der Waals surface area contributed by atoms with Crippen LogP contribution < -0.4 is 11.5 Å². The number of hydrogen-bond acceptors (Lipinski definition) is 9. The normalized spacial score (nSPS) is 10.8. The van der Waals surface area contributed by atoms with Gasteiger partial charge >= 0.3 is 35.8 Å². The Kier molecular flexibility index (Phi) is 14.7. The van der Waals surface area contributed by atoms with Crippen molar-refractivity contribution in [1.82, 2.24) is 0 Å². The molecule has 0 aliphatic carbocycles. The number of rotatable bonds is 9. The maximum atomic E-state index is 10.3. The van der Waals surface area contributed by atoms with Crippen LogP contribution in [0.1, 0.15) is 19.3 Å². The Hall–Kier alpha value is -3.30. The van der Waals surface area contributed by atoms with Crippen molar-refractivity contribution in [3.05, 3.63) is 0 Å². The van der Waals surface area contributed by atoms with Crippen molar-refractivity contribution in [2.45, 2.75) is 30.9 Å². The van der Waals surface area contributed by atoms with Gasteiger partial charge in [-0.05, 0) is 0 Å². The van der Waals surface area contributed by atoms with Gasteiger partial charge in [0.2, 0.25) is 0 Å². The van der Waals surface area contributed by atoms with Crippen molar-refractivity contribution in [1.29, 1.82) is 0 Å². The Labute approximate surface area is 150 Å². The summed E-state index contributed by atoms with van der Waals surface area (Å²) < 4.78 is 0. The van der Waals surface area contributed by atoms with Crippen LogP contribution in [-0.2, 0) is 28.8 Å². The summed E-state index contributed by atoms with van der Waals surface area (Å²) in [5.74, 6) is -8.48. The fourth-order valence-electron chi connectivity index (χ4n) is 0.990. The minimum atomic E-state index is -2.74. The first-order valence-corrected chi connectivity index (χ1v) is 6.60.